The Morgan fingerprint density at radius 1 is 0.975 bits per heavy atom. The molecule has 2 aromatic rings. The zero-order chi connectivity index (χ0) is 28.1. The van der Waals surface area contributed by atoms with Crippen LogP contribution in [-0.4, -0.2) is 99.6 Å². The van der Waals surface area contributed by atoms with Gasteiger partial charge >= 0.3 is 0 Å². The maximum atomic E-state index is 14.0. The van der Waals surface area contributed by atoms with Crippen molar-refractivity contribution in [1.82, 2.24) is 14.8 Å². The number of amides is 2. The third-order valence-electron chi connectivity index (χ3n) is 7.74. The highest BCUT2D eigenvalue weighted by Gasteiger charge is 2.39. The normalized spacial score (nSPS) is 19.2. The Morgan fingerprint density at radius 3 is 2.33 bits per heavy atom. The van der Waals surface area contributed by atoms with Crippen molar-refractivity contribution in [2.24, 2.45) is 11.0 Å². The number of ether oxygens (including phenoxy) is 4. The fourth-order valence-corrected chi connectivity index (χ4v) is 5.22. The molecular weight excluding hydrogens is 512 g/mol. The van der Waals surface area contributed by atoms with Crippen LogP contribution in [0.25, 0.3) is 0 Å². The fourth-order valence-electron chi connectivity index (χ4n) is 5.22. The van der Waals surface area contributed by atoms with Crippen molar-refractivity contribution in [3.8, 4) is 17.2 Å². The predicted octanol–water partition coefficient (Wildman–Crippen LogP) is 2.96. The fraction of sp³-hybridized carbons (Fsp3) is 0.500. The van der Waals surface area contributed by atoms with Gasteiger partial charge < -0.3 is 23.8 Å². The van der Waals surface area contributed by atoms with Crippen LogP contribution >= 0.6 is 0 Å². The second kappa shape index (κ2) is 12.7. The molecular formula is C30H38N4O6. The van der Waals surface area contributed by atoms with Crippen molar-refractivity contribution in [3.05, 3.63) is 53.6 Å². The summed E-state index contributed by atoms with van der Waals surface area (Å²) in [5.74, 6) is 1.90. The number of hydrogen-bond donors (Lipinski definition) is 0. The third kappa shape index (κ3) is 6.39. The number of rotatable bonds is 11. The highest BCUT2D eigenvalue weighted by Crippen LogP contribution is 2.40. The standard InChI is InChI=1S/C30H38N4O6/c1-37-23-8-6-21(7-9-23)26-19-27(25-18-24(38-2)10-11-28(25)39-3)34(31-26)29(35)20-33(30(36)22-4-5-22)13-12-32-14-16-40-17-15-32/h6-11,18,22,27H,4-5,12-17,19-20H2,1-3H3/t27-/m1/s1. The van der Waals surface area contributed by atoms with E-state index in [-0.39, 0.29) is 24.3 Å². The molecule has 1 atom stereocenters. The Labute approximate surface area is 235 Å². The van der Waals surface area contributed by atoms with E-state index >= 15 is 0 Å². The second-order valence-electron chi connectivity index (χ2n) is 10.3. The van der Waals surface area contributed by atoms with E-state index in [0.717, 1.165) is 48.5 Å². The molecule has 1 aliphatic carbocycles. The molecule has 2 amide bonds. The van der Waals surface area contributed by atoms with Gasteiger partial charge in [0, 0.05) is 44.1 Å². The van der Waals surface area contributed by atoms with Gasteiger partial charge in [-0.15, -0.1) is 0 Å². The highest BCUT2D eigenvalue weighted by molar-refractivity contribution is 6.03. The summed E-state index contributed by atoms with van der Waals surface area (Å²) in [5.41, 5.74) is 2.48. The lowest BCUT2D eigenvalue weighted by Gasteiger charge is -2.31. The number of morpholine rings is 1. The van der Waals surface area contributed by atoms with Crippen LogP contribution in [0.4, 0.5) is 0 Å². The van der Waals surface area contributed by atoms with Gasteiger partial charge in [-0.25, -0.2) is 5.01 Å². The zero-order valence-electron chi connectivity index (χ0n) is 23.5. The van der Waals surface area contributed by atoms with E-state index in [2.05, 4.69) is 4.90 Å². The first-order valence-corrected chi connectivity index (χ1v) is 13.9. The van der Waals surface area contributed by atoms with Crippen LogP contribution in [0.2, 0.25) is 0 Å². The minimum atomic E-state index is -0.410. The van der Waals surface area contributed by atoms with E-state index in [1.165, 1.54) is 5.01 Å². The van der Waals surface area contributed by atoms with Crippen molar-refractivity contribution in [1.29, 1.82) is 0 Å². The van der Waals surface area contributed by atoms with Gasteiger partial charge in [-0.3, -0.25) is 14.5 Å². The van der Waals surface area contributed by atoms with Crippen molar-refractivity contribution in [2.45, 2.75) is 25.3 Å². The molecule has 0 aromatic heterocycles. The number of hydrazone groups is 1. The summed E-state index contributed by atoms with van der Waals surface area (Å²) in [5, 5.41) is 6.35. The number of nitrogens with zero attached hydrogens (tertiary/aromatic N) is 4. The van der Waals surface area contributed by atoms with E-state index in [4.69, 9.17) is 24.0 Å². The monoisotopic (exact) mass is 550 g/mol. The average molecular weight is 551 g/mol. The first-order chi connectivity index (χ1) is 19.5. The molecule has 2 aliphatic heterocycles. The minimum absolute atomic E-state index is 0.0173. The maximum Gasteiger partial charge on any atom is 0.262 e. The lowest BCUT2D eigenvalue weighted by Crippen LogP contribution is -2.47. The maximum absolute atomic E-state index is 14.0. The molecule has 2 heterocycles. The van der Waals surface area contributed by atoms with Crippen LogP contribution in [0.3, 0.4) is 0 Å². The molecule has 40 heavy (non-hydrogen) atoms. The molecule has 0 radical (unpaired) electrons. The smallest absolute Gasteiger partial charge is 0.262 e. The highest BCUT2D eigenvalue weighted by atomic mass is 16.5. The lowest BCUT2D eigenvalue weighted by atomic mass is 9.97. The topological polar surface area (TPSA) is 93.1 Å². The average Bonchev–Trinajstić information content (AvgIpc) is 3.76. The number of benzene rings is 2. The summed E-state index contributed by atoms with van der Waals surface area (Å²) >= 11 is 0. The Bertz CT molecular complexity index is 1220. The number of carbonyl (C=O) groups is 2. The van der Waals surface area contributed by atoms with Crippen LogP contribution in [0.5, 0.6) is 17.2 Å². The van der Waals surface area contributed by atoms with Gasteiger partial charge in [-0.2, -0.15) is 5.10 Å². The van der Waals surface area contributed by atoms with Gasteiger partial charge in [-0.1, -0.05) is 0 Å². The van der Waals surface area contributed by atoms with Crippen molar-refractivity contribution in [3.63, 3.8) is 0 Å². The number of carbonyl (C=O) groups excluding carboxylic acids is 2. The quantitative estimate of drug-likeness (QED) is 0.425. The van der Waals surface area contributed by atoms with Crippen molar-refractivity contribution in [2.75, 3.05) is 67.3 Å². The van der Waals surface area contributed by atoms with Crippen LogP contribution in [0, 0.1) is 5.92 Å². The van der Waals surface area contributed by atoms with Crippen LogP contribution in [-0.2, 0) is 14.3 Å². The molecule has 2 fully saturated rings. The van der Waals surface area contributed by atoms with E-state index in [1.807, 2.05) is 42.5 Å². The van der Waals surface area contributed by atoms with Gasteiger partial charge in [0.1, 0.15) is 23.8 Å². The Balaban J connectivity index is 1.41. The molecule has 0 bridgehead atoms. The minimum Gasteiger partial charge on any atom is -0.497 e. The Hall–Kier alpha value is -3.63. The van der Waals surface area contributed by atoms with E-state index in [9.17, 15) is 9.59 Å². The van der Waals surface area contributed by atoms with Gasteiger partial charge in [0.2, 0.25) is 5.91 Å². The summed E-state index contributed by atoms with van der Waals surface area (Å²) in [7, 11) is 4.85. The first-order valence-electron chi connectivity index (χ1n) is 13.9. The van der Waals surface area contributed by atoms with Crippen molar-refractivity contribution >= 4 is 17.5 Å². The molecule has 0 unspecified atom stereocenters. The van der Waals surface area contributed by atoms with Crippen LogP contribution in [0.15, 0.2) is 47.6 Å². The van der Waals surface area contributed by atoms with E-state index in [0.29, 0.717) is 44.2 Å². The molecule has 5 rings (SSSR count). The molecule has 10 heteroatoms. The van der Waals surface area contributed by atoms with Gasteiger partial charge in [-0.05, 0) is 60.9 Å². The SMILES string of the molecule is COc1ccc(C2=NN(C(=O)CN(CCN3CCOCC3)C(=O)C3CC3)[C@@H](c3cc(OC)ccc3OC)C2)cc1. The molecule has 1 saturated carbocycles. The summed E-state index contributed by atoms with van der Waals surface area (Å²) < 4.78 is 21.9. The van der Waals surface area contributed by atoms with E-state index < -0.39 is 6.04 Å². The van der Waals surface area contributed by atoms with Crippen LogP contribution < -0.4 is 14.2 Å². The Morgan fingerprint density at radius 2 is 1.68 bits per heavy atom. The summed E-state index contributed by atoms with van der Waals surface area (Å²) in [4.78, 5) is 31.2. The predicted molar refractivity (Wildman–Crippen MR) is 150 cm³/mol. The molecule has 0 spiro atoms. The molecule has 214 valence electrons. The molecule has 0 N–H and O–H groups in total. The summed E-state index contributed by atoms with van der Waals surface area (Å²) in [6.45, 7) is 4.23. The van der Waals surface area contributed by atoms with Gasteiger partial charge in [0.05, 0.1) is 46.3 Å². The molecule has 3 aliphatic rings. The summed E-state index contributed by atoms with van der Waals surface area (Å²) in [6.07, 6.45) is 2.26. The van der Waals surface area contributed by atoms with Crippen molar-refractivity contribution < 1.29 is 28.5 Å². The van der Waals surface area contributed by atoms with Gasteiger partial charge in [0.25, 0.3) is 5.91 Å². The molecule has 1 saturated heterocycles. The van der Waals surface area contributed by atoms with E-state index in [1.54, 1.807) is 26.2 Å². The second-order valence-corrected chi connectivity index (χ2v) is 10.3. The lowest BCUT2D eigenvalue weighted by molar-refractivity contribution is -0.142. The third-order valence-corrected chi connectivity index (χ3v) is 7.74. The first kappa shape index (κ1) is 27.9. The van der Waals surface area contributed by atoms with Gasteiger partial charge in [0.15, 0.2) is 0 Å². The Kier molecular flexibility index (Phi) is 8.86. The zero-order valence-corrected chi connectivity index (χ0v) is 23.5. The number of hydrogen-bond acceptors (Lipinski definition) is 8. The molecule has 2 aromatic carbocycles. The molecule has 10 nitrogen and oxygen atoms in total. The largest absolute Gasteiger partial charge is 0.497 e. The number of methoxy groups -OCH3 is 3. The van der Waals surface area contributed by atoms with Crippen LogP contribution in [0.1, 0.15) is 36.4 Å². The summed E-state index contributed by atoms with van der Waals surface area (Å²) in [6, 6.07) is 12.8.